The van der Waals surface area contributed by atoms with Crippen molar-refractivity contribution in [1.29, 1.82) is 0 Å². The molecule has 0 aromatic carbocycles. The molecule has 6 heteroatoms. The molecule has 0 spiro atoms. The van der Waals surface area contributed by atoms with Crippen molar-refractivity contribution >= 4 is 17.6 Å². The Kier molecular flexibility index (Phi) is 4.33. The minimum absolute atomic E-state index is 0.108. The topological polar surface area (TPSA) is 74.3 Å². The van der Waals surface area contributed by atoms with Gasteiger partial charge < -0.3 is 15.5 Å². The third-order valence-corrected chi connectivity index (χ3v) is 2.92. The summed E-state index contributed by atoms with van der Waals surface area (Å²) in [5.74, 6) is 0.489. The quantitative estimate of drug-likeness (QED) is 0.830. The van der Waals surface area contributed by atoms with Crippen LogP contribution in [0.5, 0.6) is 0 Å². The van der Waals surface area contributed by atoms with E-state index in [1.807, 2.05) is 6.92 Å². The van der Waals surface area contributed by atoms with Gasteiger partial charge in [-0.25, -0.2) is 4.98 Å². The molecule has 1 fully saturated rings. The smallest absolute Gasteiger partial charge is 0.255 e. The van der Waals surface area contributed by atoms with Gasteiger partial charge in [0.25, 0.3) is 5.91 Å². The third kappa shape index (κ3) is 3.43. The van der Waals surface area contributed by atoms with Crippen LogP contribution in [0.3, 0.4) is 0 Å². The Hall–Kier alpha value is -2.11. The van der Waals surface area contributed by atoms with Gasteiger partial charge in [-0.05, 0) is 25.5 Å². The van der Waals surface area contributed by atoms with Crippen molar-refractivity contribution in [3.05, 3.63) is 23.9 Å². The maximum atomic E-state index is 12.3. The molecule has 1 saturated heterocycles. The van der Waals surface area contributed by atoms with E-state index in [2.05, 4.69) is 15.6 Å². The van der Waals surface area contributed by atoms with Crippen LogP contribution in [0.15, 0.2) is 18.3 Å². The highest BCUT2D eigenvalue weighted by Gasteiger charge is 2.21. The molecule has 0 saturated carbocycles. The summed E-state index contributed by atoms with van der Waals surface area (Å²) < 4.78 is 0. The number of pyridine rings is 1. The summed E-state index contributed by atoms with van der Waals surface area (Å²) in [6.07, 6.45) is 2.32. The minimum atomic E-state index is -0.146. The van der Waals surface area contributed by atoms with E-state index in [9.17, 15) is 9.59 Å². The van der Waals surface area contributed by atoms with Crippen LogP contribution in [0.4, 0.5) is 5.82 Å². The van der Waals surface area contributed by atoms with Crippen molar-refractivity contribution in [2.24, 2.45) is 0 Å². The number of carbonyl (C=O) groups is 2. The van der Waals surface area contributed by atoms with Crippen molar-refractivity contribution in [2.45, 2.75) is 13.3 Å². The Morgan fingerprint density at radius 3 is 3.05 bits per heavy atom. The van der Waals surface area contributed by atoms with E-state index >= 15 is 0 Å². The van der Waals surface area contributed by atoms with Gasteiger partial charge >= 0.3 is 0 Å². The lowest BCUT2D eigenvalue weighted by Gasteiger charge is -2.18. The van der Waals surface area contributed by atoms with Crippen LogP contribution in [-0.2, 0) is 4.79 Å². The van der Waals surface area contributed by atoms with Crippen LogP contribution in [0.25, 0.3) is 0 Å². The normalized spacial score (nSPS) is 15.6. The second kappa shape index (κ2) is 6.17. The van der Waals surface area contributed by atoms with E-state index in [4.69, 9.17) is 0 Å². The van der Waals surface area contributed by atoms with Gasteiger partial charge in [0.2, 0.25) is 5.91 Å². The fraction of sp³-hybridized carbons (Fsp3) is 0.462. The van der Waals surface area contributed by atoms with Crippen LogP contribution in [0, 0.1) is 0 Å². The van der Waals surface area contributed by atoms with E-state index in [1.165, 1.54) is 0 Å². The molecular formula is C13H18N4O2. The fourth-order valence-electron chi connectivity index (χ4n) is 1.97. The number of hydrogen-bond acceptors (Lipinski definition) is 4. The zero-order valence-corrected chi connectivity index (χ0v) is 11.0. The van der Waals surface area contributed by atoms with Gasteiger partial charge in [-0.2, -0.15) is 0 Å². The number of nitrogens with one attached hydrogen (secondary N) is 2. The number of nitrogens with zero attached hydrogens (tertiary/aromatic N) is 2. The van der Waals surface area contributed by atoms with E-state index in [-0.39, 0.29) is 18.4 Å². The first kappa shape index (κ1) is 13.3. The largest absolute Gasteiger partial charge is 0.370 e. The number of anilines is 1. The van der Waals surface area contributed by atoms with Crippen LogP contribution in [-0.4, -0.2) is 47.9 Å². The molecule has 102 valence electrons. The summed E-state index contributed by atoms with van der Waals surface area (Å²) in [6, 6.07) is 3.50. The molecule has 2 rings (SSSR count). The Morgan fingerprint density at radius 2 is 2.37 bits per heavy atom. The van der Waals surface area contributed by atoms with Crippen LogP contribution in [0.2, 0.25) is 0 Å². The summed E-state index contributed by atoms with van der Waals surface area (Å²) in [5, 5.41) is 5.82. The Labute approximate surface area is 112 Å². The van der Waals surface area contributed by atoms with Crippen LogP contribution in [0.1, 0.15) is 23.7 Å². The highest BCUT2D eigenvalue weighted by Crippen LogP contribution is 2.09. The number of hydrogen-bond donors (Lipinski definition) is 2. The predicted octanol–water partition coefficient (Wildman–Crippen LogP) is 0.475. The van der Waals surface area contributed by atoms with Gasteiger partial charge in [0.1, 0.15) is 5.82 Å². The summed E-state index contributed by atoms with van der Waals surface area (Å²) in [5.41, 5.74) is 0.511. The molecule has 0 radical (unpaired) electrons. The van der Waals surface area contributed by atoms with Gasteiger partial charge in [0.05, 0.1) is 12.1 Å². The molecule has 19 heavy (non-hydrogen) atoms. The molecule has 1 aliphatic heterocycles. The SMILES string of the molecule is CCNc1ccc(C(=O)N2CCCNC(=O)C2)cn1. The summed E-state index contributed by atoms with van der Waals surface area (Å²) in [6.45, 7) is 4.10. The average Bonchev–Trinajstić information content (AvgIpc) is 2.64. The summed E-state index contributed by atoms with van der Waals surface area (Å²) in [4.78, 5) is 29.4. The summed E-state index contributed by atoms with van der Waals surface area (Å²) in [7, 11) is 0. The zero-order valence-electron chi connectivity index (χ0n) is 11.0. The minimum Gasteiger partial charge on any atom is -0.370 e. The second-order valence-electron chi connectivity index (χ2n) is 4.39. The van der Waals surface area contributed by atoms with Crippen LogP contribution < -0.4 is 10.6 Å². The third-order valence-electron chi connectivity index (χ3n) is 2.92. The molecule has 2 amide bonds. The Balaban J connectivity index is 2.07. The number of carbonyl (C=O) groups excluding carboxylic acids is 2. The van der Waals surface area contributed by atoms with Gasteiger partial charge in [-0.15, -0.1) is 0 Å². The fourth-order valence-corrected chi connectivity index (χ4v) is 1.97. The molecule has 2 heterocycles. The molecule has 1 aromatic rings. The second-order valence-corrected chi connectivity index (χ2v) is 4.39. The van der Waals surface area contributed by atoms with Crippen molar-refractivity contribution in [3.63, 3.8) is 0 Å². The molecule has 1 aromatic heterocycles. The highest BCUT2D eigenvalue weighted by atomic mass is 16.2. The van der Waals surface area contributed by atoms with Crippen molar-refractivity contribution in [2.75, 3.05) is 31.5 Å². The van der Waals surface area contributed by atoms with Gasteiger partial charge in [0.15, 0.2) is 0 Å². The lowest BCUT2D eigenvalue weighted by atomic mass is 10.2. The van der Waals surface area contributed by atoms with Gasteiger partial charge in [-0.3, -0.25) is 9.59 Å². The number of rotatable bonds is 3. The van der Waals surface area contributed by atoms with E-state index in [0.717, 1.165) is 18.8 Å². The maximum Gasteiger partial charge on any atom is 0.255 e. The molecule has 1 aliphatic rings. The van der Waals surface area contributed by atoms with Crippen molar-refractivity contribution in [1.82, 2.24) is 15.2 Å². The zero-order chi connectivity index (χ0) is 13.7. The lowest BCUT2D eigenvalue weighted by Crippen LogP contribution is -2.37. The average molecular weight is 262 g/mol. The van der Waals surface area contributed by atoms with E-state index in [1.54, 1.807) is 23.2 Å². The standard InChI is InChI=1S/C13H18N4O2/c1-2-14-11-5-4-10(8-16-11)13(19)17-7-3-6-15-12(18)9-17/h4-5,8H,2-3,6-7,9H2,1H3,(H,14,16)(H,15,18). The molecule has 2 N–H and O–H groups in total. The van der Waals surface area contributed by atoms with Crippen molar-refractivity contribution < 1.29 is 9.59 Å². The molecule has 0 atom stereocenters. The molecule has 0 aliphatic carbocycles. The first-order valence-electron chi connectivity index (χ1n) is 6.46. The van der Waals surface area contributed by atoms with Gasteiger partial charge in [0, 0.05) is 25.8 Å². The Bertz CT molecular complexity index is 458. The monoisotopic (exact) mass is 262 g/mol. The lowest BCUT2D eigenvalue weighted by molar-refractivity contribution is -0.121. The molecule has 6 nitrogen and oxygen atoms in total. The molecule has 0 bridgehead atoms. The number of aromatic nitrogens is 1. The summed E-state index contributed by atoms with van der Waals surface area (Å²) >= 11 is 0. The molecular weight excluding hydrogens is 244 g/mol. The highest BCUT2D eigenvalue weighted by molar-refractivity contribution is 5.96. The van der Waals surface area contributed by atoms with Gasteiger partial charge in [-0.1, -0.05) is 0 Å². The first-order chi connectivity index (χ1) is 9.20. The van der Waals surface area contributed by atoms with E-state index in [0.29, 0.717) is 18.7 Å². The van der Waals surface area contributed by atoms with Crippen molar-refractivity contribution in [3.8, 4) is 0 Å². The number of amides is 2. The first-order valence-corrected chi connectivity index (χ1v) is 6.46. The predicted molar refractivity (Wildman–Crippen MR) is 71.9 cm³/mol. The van der Waals surface area contributed by atoms with E-state index < -0.39 is 0 Å². The van der Waals surface area contributed by atoms with Crippen LogP contribution >= 0.6 is 0 Å². The Morgan fingerprint density at radius 1 is 1.53 bits per heavy atom. The maximum absolute atomic E-state index is 12.3. The molecule has 0 unspecified atom stereocenters.